The molecule has 4 rings (SSSR count). The summed E-state index contributed by atoms with van der Waals surface area (Å²) in [5, 5.41) is 0.0253. The Hall–Kier alpha value is -4.09. The van der Waals surface area contributed by atoms with E-state index < -0.39 is 28.9 Å². The molecule has 0 fully saturated rings. The van der Waals surface area contributed by atoms with Crippen LogP contribution in [0.15, 0.2) is 72.8 Å². The third-order valence-corrected chi connectivity index (χ3v) is 6.65. The molecule has 1 radical (unpaired) electrons. The van der Waals surface area contributed by atoms with Crippen LogP contribution in [0, 0.1) is 0 Å². The number of quaternary nitrogens is 1. The monoisotopic (exact) mass is 550 g/mol. The van der Waals surface area contributed by atoms with E-state index in [1.165, 1.54) is 17.0 Å². The van der Waals surface area contributed by atoms with E-state index in [0.717, 1.165) is 5.56 Å². The van der Waals surface area contributed by atoms with Gasteiger partial charge in [0, 0.05) is 11.6 Å². The van der Waals surface area contributed by atoms with Crippen LogP contribution in [0.2, 0.25) is 5.02 Å². The Bertz CT molecular complexity index is 1370. The van der Waals surface area contributed by atoms with Gasteiger partial charge in [-0.15, -0.1) is 4.48 Å². The summed E-state index contributed by atoms with van der Waals surface area (Å²) in [4.78, 5) is 52.8. The maximum atomic E-state index is 14.1. The summed E-state index contributed by atoms with van der Waals surface area (Å²) >= 11 is 6.50. The molecule has 0 spiro atoms. The number of hydrogen-bond acceptors (Lipinski definition) is 7. The first-order chi connectivity index (χ1) is 18.9. The van der Waals surface area contributed by atoms with E-state index in [4.69, 9.17) is 26.9 Å². The number of carbonyl (C=O) groups is 3. The van der Waals surface area contributed by atoms with Crippen LogP contribution in [0.3, 0.4) is 0 Å². The summed E-state index contributed by atoms with van der Waals surface area (Å²) in [5.74, 6) is 4.54. The third kappa shape index (κ3) is 5.99. The molecule has 1 unspecified atom stereocenters. The van der Waals surface area contributed by atoms with Gasteiger partial charge in [-0.3, -0.25) is 9.59 Å². The van der Waals surface area contributed by atoms with Crippen molar-refractivity contribution in [3.63, 3.8) is 0 Å². The van der Waals surface area contributed by atoms with Gasteiger partial charge in [0.2, 0.25) is 6.29 Å². The number of carbonyl (C=O) groups excluding carboxylic acids is 4. The first kappa shape index (κ1) is 27.9. The number of imide groups is 1. The molecule has 201 valence electrons. The second kappa shape index (κ2) is 12.6. The average Bonchev–Trinajstić information content (AvgIpc) is 3.07. The topological polar surface area (TPSA) is 128 Å². The Morgan fingerprint density at radius 3 is 2.51 bits per heavy atom. The smallest absolute Gasteiger partial charge is 0.443 e. The molecule has 3 N–H and O–H groups in total. The molecule has 4 amide bonds. The predicted molar refractivity (Wildman–Crippen MR) is 144 cm³/mol. The molecule has 3 aromatic rings. The average molecular weight is 551 g/mol. The number of fused-ring (bicyclic) bond motifs is 1. The van der Waals surface area contributed by atoms with Gasteiger partial charge in [0.15, 0.2) is 12.2 Å². The maximum absolute atomic E-state index is 14.1. The summed E-state index contributed by atoms with van der Waals surface area (Å²) < 4.78 is 10.2. The summed E-state index contributed by atoms with van der Waals surface area (Å²) in [6.45, 7) is 0.128. The summed E-state index contributed by atoms with van der Waals surface area (Å²) in [7, 11) is 0. The summed E-state index contributed by atoms with van der Waals surface area (Å²) in [5.41, 5.74) is 3.81. The molecule has 0 aliphatic carbocycles. The Labute approximate surface area is 230 Å². The van der Waals surface area contributed by atoms with E-state index in [0.29, 0.717) is 24.5 Å². The van der Waals surface area contributed by atoms with Gasteiger partial charge in [-0.2, -0.15) is 0 Å². The van der Waals surface area contributed by atoms with Gasteiger partial charge in [0.25, 0.3) is 5.91 Å². The number of nitrogens with two attached hydrogens (primary N) is 1. The van der Waals surface area contributed by atoms with Gasteiger partial charge in [0.1, 0.15) is 12.4 Å². The van der Waals surface area contributed by atoms with Crippen molar-refractivity contribution in [3.8, 4) is 5.75 Å². The molecular formula is C28H27ClN4O6+. The van der Waals surface area contributed by atoms with E-state index >= 15 is 0 Å². The van der Waals surface area contributed by atoms with E-state index in [-0.39, 0.29) is 36.0 Å². The molecule has 3 aromatic carbocycles. The highest BCUT2D eigenvalue weighted by atomic mass is 35.5. The predicted octanol–water partition coefficient (Wildman–Crippen LogP) is 3.12. The standard InChI is InChI=1S/C28H26ClN4O6/c29-24-16-22(39-15-14-38-19-20-6-2-1-3-7-20)10-11-23(24)27(36)33(28(37)31-30)18-26(35)32(12-13-34)17-21-8-4-5-9-25(21)33/h1-11,16H,12,14-15,17-19,30H2/p+1. The van der Waals surface area contributed by atoms with Crippen molar-refractivity contribution in [3.05, 3.63) is 94.5 Å². The normalized spacial score (nSPS) is 16.7. The SMILES string of the molecule is NNC(=O)[N+]1(C(=O)c2ccc(OCCOCc3ccccc3)cc2Cl)CC(=O)N(C[C]=O)Cc2ccccc21. The highest BCUT2D eigenvalue weighted by Gasteiger charge is 2.53. The molecule has 1 aliphatic rings. The van der Waals surface area contributed by atoms with E-state index in [1.807, 2.05) is 35.8 Å². The molecule has 1 aliphatic heterocycles. The zero-order chi connectivity index (χ0) is 27.8. The Kier molecular flexibility index (Phi) is 9.05. The lowest BCUT2D eigenvalue weighted by atomic mass is 10.1. The van der Waals surface area contributed by atoms with E-state index in [2.05, 4.69) is 0 Å². The first-order valence-corrected chi connectivity index (χ1v) is 12.5. The van der Waals surface area contributed by atoms with Crippen molar-refractivity contribution in [2.45, 2.75) is 13.2 Å². The maximum Gasteiger partial charge on any atom is 0.443 e. The highest BCUT2D eigenvalue weighted by molar-refractivity contribution is 6.35. The van der Waals surface area contributed by atoms with Crippen LogP contribution in [0.4, 0.5) is 10.5 Å². The second-order valence-electron chi connectivity index (χ2n) is 8.77. The largest absolute Gasteiger partial charge is 0.491 e. The number of benzene rings is 3. The van der Waals surface area contributed by atoms with Gasteiger partial charge in [-0.1, -0.05) is 60.1 Å². The highest BCUT2D eigenvalue weighted by Crippen LogP contribution is 2.36. The molecule has 11 heteroatoms. The van der Waals surface area contributed by atoms with Gasteiger partial charge in [-0.05, 0) is 23.8 Å². The van der Waals surface area contributed by atoms with E-state index in [1.54, 1.807) is 36.6 Å². The number of urea groups is 1. The van der Waals surface area contributed by atoms with Crippen molar-refractivity contribution < 1.29 is 28.7 Å². The lowest BCUT2D eigenvalue weighted by Crippen LogP contribution is -2.66. The zero-order valence-corrected chi connectivity index (χ0v) is 21.7. The van der Waals surface area contributed by atoms with Crippen LogP contribution >= 0.6 is 11.6 Å². The Morgan fingerprint density at radius 2 is 1.79 bits per heavy atom. The Balaban J connectivity index is 1.57. The first-order valence-electron chi connectivity index (χ1n) is 12.1. The summed E-state index contributed by atoms with van der Waals surface area (Å²) in [6, 6.07) is 19.8. The fourth-order valence-corrected chi connectivity index (χ4v) is 4.68. The third-order valence-electron chi connectivity index (χ3n) is 6.34. The van der Waals surface area contributed by atoms with Crippen LogP contribution < -0.4 is 20.5 Å². The number of rotatable bonds is 9. The van der Waals surface area contributed by atoms with Crippen molar-refractivity contribution in [2.75, 3.05) is 26.3 Å². The molecule has 1 atom stereocenters. The minimum atomic E-state index is -1.09. The minimum absolute atomic E-state index is 0.00838. The van der Waals surface area contributed by atoms with Gasteiger partial charge in [0.05, 0.1) is 36.9 Å². The van der Waals surface area contributed by atoms with Crippen LogP contribution in [0.1, 0.15) is 21.5 Å². The summed E-state index contributed by atoms with van der Waals surface area (Å²) in [6.07, 6.45) is 1.70. The molecule has 0 saturated heterocycles. The lowest BCUT2D eigenvalue weighted by Gasteiger charge is -2.31. The number of hydrazine groups is 1. The minimum Gasteiger partial charge on any atom is -0.491 e. The number of nitrogens with zero attached hydrogens (tertiary/aromatic N) is 2. The van der Waals surface area contributed by atoms with Crippen LogP contribution in [0.5, 0.6) is 5.75 Å². The number of hydrogen-bond donors (Lipinski definition) is 2. The lowest BCUT2D eigenvalue weighted by molar-refractivity contribution is -0.130. The number of para-hydroxylation sites is 1. The molecular weight excluding hydrogens is 524 g/mol. The molecule has 1 heterocycles. The number of halogens is 1. The van der Waals surface area contributed by atoms with Crippen molar-refractivity contribution in [1.82, 2.24) is 14.8 Å². The van der Waals surface area contributed by atoms with Gasteiger partial charge in [-0.25, -0.2) is 20.9 Å². The number of amides is 4. The van der Waals surface area contributed by atoms with Gasteiger partial charge >= 0.3 is 11.9 Å². The van der Waals surface area contributed by atoms with E-state index in [9.17, 15) is 19.2 Å². The molecule has 39 heavy (non-hydrogen) atoms. The number of ether oxygens (including phenoxy) is 2. The van der Waals surface area contributed by atoms with Gasteiger partial charge < -0.3 is 14.4 Å². The quantitative estimate of drug-likeness (QED) is 0.138. The molecule has 10 nitrogen and oxygen atoms in total. The van der Waals surface area contributed by atoms with Crippen molar-refractivity contribution in [1.29, 1.82) is 0 Å². The number of nitrogens with one attached hydrogen (secondary N) is 1. The fraction of sp³-hybridized carbons (Fsp3) is 0.214. The van der Waals surface area contributed by atoms with Crippen molar-refractivity contribution >= 4 is 41.4 Å². The van der Waals surface area contributed by atoms with Crippen LogP contribution in [0.25, 0.3) is 0 Å². The van der Waals surface area contributed by atoms with Crippen LogP contribution in [-0.2, 0) is 27.5 Å². The molecule has 0 bridgehead atoms. The molecule has 0 aromatic heterocycles. The second-order valence-corrected chi connectivity index (χ2v) is 9.18. The molecule has 0 saturated carbocycles. The zero-order valence-electron chi connectivity index (χ0n) is 21.0. The Morgan fingerprint density at radius 1 is 1.05 bits per heavy atom. The van der Waals surface area contributed by atoms with Crippen molar-refractivity contribution in [2.24, 2.45) is 5.84 Å². The van der Waals surface area contributed by atoms with Crippen LogP contribution in [-0.4, -0.2) is 55.3 Å². The fourth-order valence-electron chi connectivity index (χ4n) is 4.43.